The molecule has 0 aromatic heterocycles. The molecule has 3 atom stereocenters. The van der Waals surface area contributed by atoms with E-state index in [4.69, 9.17) is 4.74 Å². The number of hydrogen-bond donors (Lipinski definition) is 0. The van der Waals surface area contributed by atoms with Crippen LogP contribution in [0.5, 0.6) is 0 Å². The molecule has 13 heavy (non-hydrogen) atoms. The van der Waals surface area contributed by atoms with Crippen LogP contribution in [0.15, 0.2) is 0 Å². The van der Waals surface area contributed by atoms with E-state index in [0.29, 0.717) is 6.10 Å². The Morgan fingerprint density at radius 3 is 2.85 bits per heavy atom. The summed E-state index contributed by atoms with van der Waals surface area (Å²) in [5.41, 5.74) is 0. The summed E-state index contributed by atoms with van der Waals surface area (Å²) >= 11 is 0. The Balaban J connectivity index is 1.61. The van der Waals surface area contributed by atoms with Gasteiger partial charge in [-0.25, -0.2) is 0 Å². The van der Waals surface area contributed by atoms with Gasteiger partial charge in [-0.1, -0.05) is 12.8 Å². The molecule has 74 valence electrons. The fourth-order valence-corrected chi connectivity index (χ4v) is 3.16. The first-order valence-electron chi connectivity index (χ1n) is 5.79. The highest BCUT2D eigenvalue weighted by Crippen LogP contribution is 2.36. The van der Waals surface area contributed by atoms with Crippen molar-refractivity contribution in [2.45, 2.75) is 44.2 Å². The van der Waals surface area contributed by atoms with Gasteiger partial charge in [-0.3, -0.25) is 4.90 Å². The van der Waals surface area contributed by atoms with Gasteiger partial charge in [0.1, 0.15) is 0 Å². The lowest BCUT2D eigenvalue weighted by molar-refractivity contribution is 0.169. The molecule has 3 rings (SSSR count). The van der Waals surface area contributed by atoms with Crippen LogP contribution in [0.3, 0.4) is 0 Å². The molecule has 0 aromatic carbocycles. The Kier molecular flexibility index (Phi) is 2.06. The summed E-state index contributed by atoms with van der Waals surface area (Å²) in [5.74, 6) is 1.03. The van der Waals surface area contributed by atoms with Gasteiger partial charge in [-0.2, -0.15) is 0 Å². The number of fused-ring (bicyclic) bond motifs is 1. The summed E-state index contributed by atoms with van der Waals surface area (Å²) in [6.07, 6.45) is 7.94. The zero-order chi connectivity index (χ0) is 8.67. The van der Waals surface area contributed by atoms with Crippen LogP contribution in [-0.4, -0.2) is 36.7 Å². The first-order chi connectivity index (χ1) is 6.43. The molecule has 1 saturated carbocycles. The van der Waals surface area contributed by atoms with Crippen LogP contribution < -0.4 is 0 Å². The summed E-state index contributed by atoms with van der Waals surface area (Å²) in [4.78, 5) is 2.70. The molecule has 0 aromatic rings. The summed E-state index contributed by atoms with van der Waals surface area (Å²) in [5, 5.41) is 0. The van der Waals surface area contributed by atoms with Gasteiger partial charge in [0.15, 0.2) is 0 Å². The smallest absolute Gasteiger partial charge is 0.0936 e. The molecule has 0 bridgehead atoms. The SMILES string of the molecule is C1CC[C@H]2[C@@H](C1)CCN2CC1CO1. The second-order valence-corrected chi connectivity index (χ2v) is 4.85. The lowest BCUT2D eigenvalue weighted by atomic mass is 9.85. The molecule has 0 N–H and O–H groups in total. The Labute approximate surface area is 80.2 Å². The van der Waals surface area contributed by atoms with Crippen LogP contribution in [0.25, 0.3) is 0 Å². The van der Waals surface area contributed by atoms with Crippen molar-refractivity contribution in [3.05, 3.63) is 0 Å². The first-order valence-corrected chi connectivity index (χ1v) is 5.79. The largest absolute Gasteiger partial charge is 0.372 e. The summed E-state index contributed by atoms with van der Waals surface area (Å²) in [7, 11) is 0. The van der Waals surface area contributed by atoms with Crippen molar-refractivity contribution in [1.29, 1.82) is 0 Å². The highest BCUT2D eigenvalue weighted by atomic mass is 16.6. The number of nitrogens with zero attached hydrogens (tertiary/aromatic N) is 1. The highest BCUT2D eigenvalue weighted by molar-refractivity contribution is 4.91. The minimum atomic E-state index is 0.598. The molecule has 2 heterocycles. The van der Waals surface area contributed by atoms with Crippen LogP contribution in [0, 0.1) is 5.92 Å². The molecule has 0 amide bonds. The van der Waals surface area contributed by atoms with Gasteiger partial charge in [0, 0.05) is 12.6 Å². The Bertz CT molecular complexity index is 191. The minimum Gasteiger partial charge on any atom is -0.372 e. The van der Waals surface area contributed by atoms with Gasteiger partial charge in [-0.05, 0) is 31.7 Å². The van der Waals surface area contributed by atoms with Crippen molar-refractivity contribution in [3.8, 4) is 0 Å². The average Bonchev–Trinajstić information content (AvgIpc) is 2.88. The van der Waals surface area contributed by atoms with Gasteiger partial charge in [0.25, 0.3) is 0 Å². The number of hydrogen-bond acceptors (Lipinski definition) is 2. The predicted molar refractivity (Wildman–Crippen MR) is 51.7 cm³/mol. The Morgan fingerprint density at radius 1 is 1.15 bits per heavy atom. The lowest BCUT2D eigenvalue weighted by Crippen LogP contribution is -2.37. The van der Waals surface area contributed by atoms with Crippen LogP contribution >= 0.6 is 0 Å². The first kappa shape index (κ1) is 8.25. The third-order valence-corrected chi connectivity index (χ3v) is 3.97. The lowest BCUT2D eigenvalue weighted by Gasteiger charge is -2.31. The van der Waals surface area contributed by atoms with E-state index in [2.05, 4.69) is 4.90 Å². The van der Waals surface area contributed by atoms with E-state index in [1.165, 1.54) is 45.2 Å². The van der Waals surface area contributed by atoms with Crippen molar-refractivity contribution in [2.75, 3.05) is 19.7 Å². The number of rotatable bonds is 2. The van der Waals surface area contributed by atoms with Crippen molar-refractivity contribution in [2.24, 2.45) is 5.92 Å². The van der Waals surface area contributed by atoms with Crippen LogP contribution in [0.1, 0.15) is 32.1 Å². The van der Waals surface area contributed by atoms with Crippen molar-refractivity contribution in [1.82, 2.24) is 4.90 Å². The van der Waals surface area contributed by atoms with E-state index in [1.54, 1.807) is 0 Å². The fourth-order valence-electron chi connectivity index (χ4n) is 3.16. The monoisotopic (exact) mass is 181 g/mol. The predicted octanol–water partition coefficient (Wildman–Crippen LogP) is 1.65. The fraction of sp³-hybridized carbons (Fsp3) is 1.00. The van der Waals surface area contributed by atoms with E-state index in [-0.39, 0.29) is 0 Å². The summed E-state index contributed by atoms with van der Waals surface area (Å²) in [6, 6.07) is 0.929. The molecule has 2 aliphatic heterocycles. The summed E-state index contributed by atoms with van der Waals surface area (Å²) in [6.45, 7) is 3.59. The third kappa shape index (κ3) is 1.62. The Morgan fingerprint density at radius 2 is 2.00 bits per heavy atom. The third-order valence-electron chi connectivity index (χ3n) is 3.97. The molecule has 2 nitrogen and oxygen atoms in total. The molecule has 1 aliphatic carbocycles. The van der Waals surface area contributed by atoms with E-state index in [0.717, 1.165) is 18.6 Å². The standard InChI is InChI=1S/C11H19NO/c1-2-4-11-9(3-1)5-6-12(11)7-10-8-13-10/h9-11H,1-8H2/t9-,10?,11-/m0/s1. The van der Waals surface area contributed by atoms with Gasteiger partial charge in [0.2, 0.25) is 0 Å². The normalized spacial score (nSPS) is 44.8. The van der Waals surface area contributed by atoms with E-state index < -0.39 is 0 Å². The molecule has 3 fully saturated rings. The van der Waals surface area contributed by atoms with Gasteiger partial charge in [0.05, 0.1) is 12.7 Å². The zero-order valence-electron chi connectivity index (χ0n) is 8.24. The van der Waals surface area contributed by atoms with E-state index >= 15 is 0 Å². The topological polar surface area (TPSA) is 15.8 Å². The average molecular weight is 181 g/mol. The van der Waals surface area contributed by atoms with E-state index in [1.807, 2.05) is 0 Å². The Hall–Kier alpha value is -0.0800. The second kappa shape index (κ2) is 3.25. The molecule has 2 saturated heterocycles. The van der Waals surface area contributed by atoms with Crippen LogP contribution in [-0.2, 0) is 4.74 Å². The zero-order valence-corrected chi connectivity index (χ0v) is 8.24. The number of ether oxygens (including phenoxy) is 1. The van der Waals surface area contributed by atoms with Crippen molar-refractivity contribution < 1.29 is 4.74 Å². The molecule has 0 radical (unpaired) electrons. The van der Waals surface area contributed by atoms with Crippen LogP contribution in [0.2, 0.25) is 0 Å². The quantitative estimate of drug-likeness (QED) is 0.602. The van der Waals surface area contributed by atoms with Gasteiger partial charge < -0.3 is 4.74 Å². The minimum absolute atomic E-state index is 0.598. The van der Waals surface area contributed by atoms with Crippen LogP contribution in [0.4, 0.5) is 0 Å². The van der Waals surface area contributed by atoms with Crippen molar-refractivity contribution >= 4 is 0 Å². The maximum Gasteiger partial charge on any atom is 0.0936 e. The second-order valence-electron chi connectivity index (χ2n) is 4.85. The van der Waals surface area contributed by atoms with Gasteiger partial charge in [-0.15, -0.1) is 0 Å². The molecule has 2 heteroatoms. The molecule has 3 aliphatic rings. The number of likely N-dealkylation sites (tertiary alicyclic amines) is 1. The number of epoxide rings is 1. The molecule has 1 unspecified atom stereocenters. The van der Waals surface area contributed by atoms with E-state index in [9.17, 15) is 0 Å². The van der Waals surface area contributed by atoms with Gasteiger partial charge >= 0.3 is 0 Å². The maximum atomic E-state index is 5.31. The molecular formula is C11H19NO. The van der Waals surface area contributed by atoms with Crippen molar-refractivity contribution in [3.63, 3.8) is 0 Å². The molecular weight excluding hydrogens is 162 g/mol. The molecule has 0 spiro atoms. The maximum absolute atomic E-state index is 5.31. The summed E-state index contributed by atoms with van der Waals surface area (Å²) < 4.78 is 5.31. The highest BCUT2D eigenvalue weighted by Gasteiger charge is 2.38.